The third-order valence-electron chi connectivity index (χ3n) is 2.40. The average molecular weight is 236 g/mol. The molecule has 0 aliphatic carbocycles. The predicted molar refractivity (Wildman–Crippen MR) is 66.2 cm³/mol. The highest BCUT2D eigenvalue weighted by Crippen LogP contribution is 2.16. The van der Waals surface area contributed by atoms with Crippen molar-refractivity contribution in [1.29, 1.82) is 0 Å². The zero-order valence-corrected chi connectivity index (χ0v) is 9.91. The molecule has 2 rings (SSSR count). The third kappa shape index (κ3) is 2.43. The van der Waals surface area contributed by atoms with Crippen molar-refractivity contribution in [2.45, 2.75) is 6.42 Å². The number of nitrogens with zero attached hydrogens (tertiary/aromatic N) is 2. The van der Waals surface area contributed by atoms with Crippen molar-refractivity contribution in [3.63, 3.8) is 0 Å². The van der Waals surface area contributed by atoms with Crippen LogP contribution in [-0.4, -0.2) is 23.1 Å². The lowest BCUT2D eigenvalue weighted by Crippen LogP contribution is -2.13. The molecule has 1 heterocycles. The summed E-state index contributed by atoms with van der Waals surface area (Å²) in [6, 6.07) is 7.78. The zero-order chi connectivity index (χ0) is 11.4. The van der Waals surface area contributed by atoms with Gasteiger partial charge in [0.15, 0.2) is 0 Å². The SMILES string of the molecule is CNCCc1nccn1-c1cccc(Cl)c1. The molecule has 84 valence electrons. The van der Waals surface area contributed by atoms with E-state index in [1.165, 1.54) is 0 Å². The van der Waals surface area contributed by atoms with Crippen molar-refractivity contribution in [1.82, 2.24) is 14.9 Å². The van der Waals surface area contributed by atoms with Crippen LogP contribution in [0.5, 0.6) is 0 Å². The summed E-state index contributed by atoms with van der Waals surface area (Å²) in [5, 5.41) is 3.86. The van der Waals surface area contributed by atoms with Crippen LogP contribution in [0.25, 0.3) is 5.69 Å². The van der Waals surface area contributed by atoms with Gasteiger partial charge in [-0.25, -0.2) is 4.98 Å². The molecule has 0 spiro atoms. The second-order valence-corrected chi connectivity index (χ2v) is 3.98. The average Bonchev–Trinajstić information content (AvgIpc) is 2.74. The molecule has 0 radical (unpaired) electrons. The van der Waals surface area contributed by atoms with Crippen molar-refractivity contribution in [2.75, 3.05) is 13.6 Å². The number of hydrogen-bond donors (Lipinski definition) is 1. The Morgan fingerprint density at radius 3 is 3.06 bits per heavy atom. The predicted octanol–water partition coefficient (Wildman–Crippen LogP) is 2.29. The van der Waals surface area contributed by atoms with Crippen molar-refractivity contribution in [3.8, 4) is 5.69 Å². The van der Waals surface area contributed by atoms with E-state index in [4.69, 9.17) is 11.6 Å². The van der Waals surface area contributed by atoms with Crippen LogP contribution in [-0.2, 0) is 6.42 Å². The van der Waals surface area contributed by atoms with E-state index < -0.39 is 0 Å². The van der Waals surface area contributed by atoms with E-state index in [0.29, 0.717) is 0 Å². The first-order valence-corrected chi connectivity index (χ1v) is 5.62. The van der Waals surface area contributed by atoms with Crippen LogP contribution in [0.15, 0.2) is 36.7 Å². The van der Waals surface area contributed by atoms with Gasteiger partial charge < -0.3 is 9.88 Å². The highest BCUT2D eigenvalue weighted by molar-refractivity contribution is 6.30. The largest absolute Gasteiger partial charge is 0.319 e. The second kappa shape index (κ2) is 5.14. The first-order chi connectivity index (χ1) is 7.81. The molecule has 16 heavy (non-hydrogen) atoms. The number of likely N-dealkylation sites (N-methyl/N-ethyl adjacent to an activating group) is 1. The van der Waals surface area contributed by atoms with Crippen LogP contribution in [0.4, 0.5) is 0 Å². The van der Waals surface area contributed by atoms with Crippen LogP contribution in [0.1, 0.15) is 5.82 Å². The number of rotatable bonds is 4. The minimum Gasteiger partial charge on any atom is -0.319 e. The Hall–Kier alpha value is -1.32. The summed E-state index contributed by atoms with van der Waals surface area (Å²) in [4.78, 5) is 4.34. The van der Waals surface area contributed by atoms with Gasteiger partial charge in [-0.3, -0.25) is 0 Å². The molecule has 0 atom stereocenters. The summed E-state index contributed by atoms with van der Waals surface area (Å²) in [6.07, 6.45) is 4.67. The summed E-state index contributed by atoms with van der Waals surface area (Å²) in [5.41, 5.74) is 1.05. The van der Waals surface area contributed by atoms with Gasteiger partial charge in [0.2, 0.25) is 0 Å². The fourth-order valence-corrected chi connectivity index (χ4v) is 1.80. The Bertz CT molecular complexity index is 465. The van der Waals surface area contributed by atoms with Gasteiger partial charge in [0.25, 0.3) is 0 Å². The molecule has 4 heteroatoms. The maximum atomic E-state index is 5.97. The molecule has 0 saturated heterocycles. The molecule has 0 aliphatic rings. The Kier molecular flexibility index (Phi) is 3.59. The van der Waals surface area contributed by atoms with Crippen LogP contribution >= 0.6 is 11.6 Å². The molecule has 3 nitrogen and oxygen atoms in total. The summed E-state index contributed by atoms with van der Waals surface area (Å²) < 4.78 is 2.06. The number of hydrogen-bond acceptors (Lipinski definition) is 2. The number of benzene rings is 1. The lowest BCUT2D eigenvalue weighted by atomic mass is 10.3. The van der Waals surface area contributed by atoms with E-state index in [1.807, 2.05) is 43.7 Å². The van der Waals surface area contributed by atoms with E-state index in [1.54, 1.807) is 0 Å². The van der Waals surface area contributed by atoms with E-state index in [-0.39, 0.29) is 0 Å². The lowest BCUT2D eigenvalue weighted by Gasteiger charge is -2.07. The maximum absolute atomic E-state index is 5.97. The molecule has 1 aromatic heterocycles. The van der Waals surface area contributed by atoms with Crippen LogP contribution in [0, 0.1) is 0 Å². The smallest absolute Gasteiger partial charge is 0.114 e. The van der Waals surface area contributed by atoms with Gasteiger partial charge in [0, 0.05) is 36.1 Å². The Labute approximate surface area is 100 Å². The van der Waals surface area contributed by atoms with E-state index in [0.717, 1.165) is 29.5 Å². The molecule has 1 N–H and O–H groups in total. The summed E-state index contributed by atoms with van der Waals surface area (Å²) >= 11 is 5.97. The summed E-state index contributed by atoms with van der Waals surface area (Å²) in [5.74, 6) is 1.04. The number of nitrogens with one attached hydrogen (secondary N) is 1. The number of imidazole rings is 1. The summed E-state index contributed by atoms with van der Waals surface area (Å²) in [6.45, 7) is 0.914. The van der Waals surface area contributed by atoms with Crippen LogP contribution in [0.2, 0.25) is 5.02 Å². The monoisotopic (exact) mass is 235 g/mol. The summed E-state index contributed by atoms with van der Waals surface area (Å²) in [7, 11) is 1.94. The highest BCUT2D eigenvalue weighted by atomic mass is 35.5. The molecular weight excluding hydrogens is 222 g/mol. The molecule has 0 amide bonds. The molecule has 0 unspecified atom stereocenters. The van der Waals surface area contributed by atoms with Gasteiger partial charge >= 0.3 is 0 Å². The number of halogens is 1. The first kappa shape index (κ1) is 11.2. The molecule has 0 fully saturated rings. The Balaban J connectivity index is 2.29. The van der Waals surface area contributed by atoms with E-state index >= 15 is 0 Å². The normalized spacial score (nSPS) is 10.6. The molecule has 2 aromatic rings. The highest BCUT2D eigenvalue weighted by Gasteiger charge is 2.04. The standard InChI is InChI=1S/C12H14ClN3/c1-14-6-5-12-15-7-8-16(12)11-4-2-3-10(13)9-11/h2-4,7-9,14H,5-6H2,1H3. The minimum atomic E-state index is 0.741. The van der Waals surface area contributed by atoms with Crippen molar-refractivity contribution in [3.05, 3.63) is 47.5 Å². The Morgan fingerprint density at radius 1 is 1.44 bits per heavy atom. The van der Waals surface area contributed by atoms with Crippen molar-refractivity contribution >= 4 is 11.6 Å². The van der Waals surface area contributed by atoms with E-state index in [2.05, 4.69) is 14.9 Å². The zero-order valence-electron chi connectivity index (χ0n) is 9.15. The lowest BCUT2D eigenvalue weighted by molar-refractivity contribution is 0.744. The molecule has 0 aliphatic heterocycles. The minimum absolute atomic E-state index is 0.741. The fraction of sp³-hybridized carbons (Fsp3) is 0.250. The maximum Gasteiger partial charge on any atom is 0.114 e. The van der Waals surface area contributed by atoms with Gasteiger partial charge in [-0.2, -0.15) is 0 Å². The van der Waals surface area contributed by atoms with Gasteiger partial charge in [0.05, 0.1) is 0 Å². The molecule has 0 bridgehead atoms. The van der Waals surface area contributed by atoms with E-state index in [9.17, 15) is 0 Å². The second-order valence-electron chi connectivity index (χ2n) is 3.55. The fourth-order valence-electron chi connectivity index (χ4n) is 1.62. The molecular formula is C12H14ClN3. The Morgan fingerprint density at radius 2 is 2.31 bits per heavy atom. The van der Waals surface area contributed by atoms with Crippen molar-refractivity contribution in [2.24, 2.45) is 0 Å². The quantitative estimate of drug-likeness (QED) is 0.881. The van der Waals surface area contributed by atoms with Gasteiger partial charge in [-0.15, -0.1) is 0 Å². The van der Waals surface area contributed by atoms with Crippen LogP contribution in [0.3, 0.4) is 0 Å². The van der Waals surface area contributed by atoms with Crippen molar-refractivity contribution < 1.29 is 0 Å². The van der Waals surface area contributed by atoms with Gasteiger partial charge in [-0.1, -0.05) is 17.7 Å². The van der Waals surface area contributed by atoms with Gasteiger partial charge in [0.1, 0.15) is 5.82 Å². The third-order valence-corrected chi connectivity index (χ3v) is 2.64. The number of aromatic nitrogens is 2. The molecule has 1 aromatic carbocycles. The molecule has 0 saturated carbocycles. The first-order valence-electron chi connectivity index (χ1n) is 5.24. The van der Waals surface area contributed by atoms with Gasteiger partial charge in [-0.05, 0) is 25.2 Å². The van der Waals surface area contributed by atoms with Crippen LogP contribution < -0.4 is 5.32 Å². The topological polar surface area (TPSA) is 29.9 Å².